The second-order valence-electron chi connectivity index (χ2n) is 5.54. The maximum atomic E-state index is 11.8. The van der Waals surface area contributed by atoms with E-state index >= 15 is 0 Å². The maximum absolute atomic E-state index is 11.8. The topological polar surface area (TPSA) is 85.9 Å². The van der Waals surface area contributed by atoms with E-state index in [0.717, 1.165) is 12.0 Å². The maximum Gasteiger partial charge on any atom is 0.265 e. The van der Waals surface area contributed by atoms with Gasteiger partial charge in [0.25, 0.3) is 5.91 Å². The fourth-order valence-corrected chi connectivity index (χ4v) is 1.76. The zero-order valence-electron chi connectivity index (χ0n) is 13.7. The second-order valence-corrected chi connectivity index (χ2v) is 5.54. The van der Waals surface area contributed by atoms with Crippen molar-refractivity contribution in [3.63, 3.8) is 0 Å². The zero-order chi connectivity index (χ0) is 16.5. The van der Waals surface area contributed by atoms with Gasteiger partial charge in [0.1, 0.15) is 11.6 Å². The molecule has 0 unspecified atom stereocenters. The Hall–Kier alpha value is -2.24. The molecule has 1 amide bonds. The van der Waals surface area contributed by atoms with Crippen LogP contribution in [-0.4, -0.2) is 25.5 Å². The minimum atomic E-state index is -0.315. The largest absolute Gasteiger partial charge is 0.495 e. The van der Waals surface area contributed by atoms with Crippen LogP contribution in [0.15, 0.2) is 23.4 Å². The molecule has 0 aliphatic heterocycles. The molecule has 0 aliphatic rings. The highest BCUT2D eigenvalue weighted by atomic mass is 16.6. The van der Waals surface area contributed by atoms with Crippen LogP contribution in [0.5, 0.6) is 5.75 Å². The van der Waals surface area contributed by atoms with Gasteiger partial charge >= 0.3 is 0 Å². The number of amides is 1. The summed E-state index contributed by atoms with van der Waals surface area (Å²) in [6, 6.07) is 5.54. The first-order chi connectivity index (χ1) is 10.4. The van der Waals surface area contributed by atoms with Gasteiger partial charge < -0.3 is 20.6 Å². The first-order valence-corrected chi connectivity index (χ1v) is 7.31. The van der Waals surface area contributed by atoms with Crippen LogP contribution in [0.1, 0.15) is 32.3 Å². The third kappa shape index (κ3) is 6.47. The van der Waals surface area contributed by atoms with Crippen LogP contribution in [0.3, 0.4) is 0 Å². The zero-order valence-corrected chi connectivity index (χ0v) is 13.7. The van der Waals surface area contributed by atoms with Crippen LogP contribution in [0.2, 0.25) is 0 Å². The third-order valence-corrected chi connectivity index (χ3v) is 2.98. The lowest BCUT2D eigenvalue weighted by Crippen LogP contribution is -2.19. The second kappa shape index (κ2) is 8.92. The van der Waals surface area contributed by atoms with Crippen molar-refractivity contribution in [2.45, 2.75) is 33.6 Å². The highest BCUT2D eigenvalue weighted by Crippen LogP contribution is 2.24. The van der Waals surface area contributed by atoms with Gasteiger partial charge in [-0.2, -0.15) is 0 Å². The first-order valence-electron chi connectivity index (χ1n) is 7.31. The SMILES string of the molecule is COc1ccc(C)cc1NC(=O)CO/N=C(\N)CCC(C)C. The Morgan fingerprint density at radius 2 is 2.14 bits per heavy atom. The summed E-state index contributed by atoms with van der Waals surface area (Å²) in [5.74, 6) is 1.23. The van der Waals surface area contributed by atoms with Crippen molar-refractivity contribution in [3.05, 3.63) is 23.8 Å². The van der Waals surface area contributed by atoms with Crippen molar-refractivity contribution in [2.24, 2.45) is 16.8 Å². The molecule has 1 aromatic rings. The van der Waals surface area contributed by atoms with Crippen LogP contribution in [0.4, 0.5) is 5.69 Å². The van der Waals surface area contributed by atoms with Gasteiger partial charge in [-0.3, -0.25) is 4.79 Å². The van der Waals surface area contributed by atoms with E-state index in [0.29, 0.717) is 29.6 Å². The standard InChI is InChI=1S/C16H25N3O3/c1-11(2)5-8-15(17)19-22-10-16(20)18-13-9-12(3)6-7-14(13)21-4/h6-7,9,11H,5,8,10H2,1-4H3,(H2,17,19)(H,18,20). The Balaban J connectivity index is 2.47. The summed E-state index contributed by atoms with van der Waals surface area (Å²) in [4.78, 5) is 16.8. The number of aryl methyl sites for hydroxylation is 1. The summed E-state index contributed by atoms with van der Waals surface area (Å²) in [6.45, 7) is 5.96. The van der Waals surface area contributed by atoms with Crippen molar-refractivity contribution in [2.75, 3.05) is 19.0 Å². The highest BCUT2D eigenvalue weighted by molar-refractivity contribution is 5.93. The van der Waals surface area contributed by atoms with E-state index in [4.69, 9.17) is 15.3 Å². The minimum absolute atomic E-state index is 0.195. The van der Waals surface area contributed by atoms with Gasteiger partial charge in [0.2, 0.25) is 0 Å². The third-order valence-electron chi connectivity index (χ3n) is 2.98. The number of hydrogen-bond donors (Lipinski definition) is 2. The van der Waals surface area contributed by atoms with Crippen LogP contribution >= 0.6 is 0 Å². The number of nitrogens with two attached hydrogens (primary N) is 1. The van der Waals surface area contributed by atoms with Crippen molar-refractivity contribution >= 4 is 17.4 Å². The highest BCUT2D eigenvalue weighted by Gasteiger charge is 2.08. The van der Waals surface area contributed by atoms with Crippen molar-refractivity contribution in [1.29, 1.82) is 0 Å². The Morgan fingerprint density at radius 1 is 1.41 bits per heavy atom. The quantitative estimate of drug-likeness (QED) is 0.439. The monoisotopic (exact) mass is 307 g/mol. The van der Waals surface area contributed by atoms with E-state index in [1.54, 1.807) is 13.2 Å². The molecular formula is C16H25N3O3. The molecule has 0 saturated heterocycles. The number of nitrogens with zero attached hydrogens (tertiary/aromatic N) is 1. The molecule has 1 rings (SSSR count). The fourth-order valence-electron chi connectivity index (χ4n) is 1.76. The average Bonchev–Trinajstić information content (AvgIpc) is 2.45. The average molecular weight is 307 g/mol. The molecule has 0 bridgehead atoms. The summed E-state index contributed by atoms with van der Waals surface area (Å²) in [5, 5.41) is 6.47. The molecule has 6 heteroatoms. The number of carbonyl (C=O) groups is 1. The Morgan fingerprint density at radius 3 is 2.77 bits per heavy atom. The number of hydrogen-bond acceptors (Lipinski definition) is 4. The number of anilines is 1. The van der Waals surface area contributed by atoms with E-state index in [1.165, 1.54) is 0 Å². The van der Waals surface area contributed by atoms with E-state index in [2.05, 4.69) is 24.3 Å². The van der Waals surface area contributed by atoms with Crippen molar-refractivity contribution < 1.29 is 14.4 Å². The van der Waals surface area contributed by atoms with E-state index in [-0.39, 0.29) is 12.5 Å². The van der Waals surface area contributed by atoms with Gasteiger partial charge in [0.15, 0.2) is 6.61 Å². The minimum Gasteiger partial charge on any atom is -0.495 e. The summed E-state index contributed by atoms with van der Waals surface area (Å²) in [6.07, 6.45) is 1.59. The molecule has 3 N–H and O–H groups in total. The normalized spacial score (nSPS) is 11.4. The fraction of sp³-hybridized carbons (Fsp3) is 0.500. The van der Waals surface area contributed by atoms with Gasteiger partial charge in [-0.05, 0) is 37.0 Å². The lowest BCUT2D eigenvalue weighted by molar-refractivity contribution is -0.120. The molecule has 0 aromatic heterocycles. The summed E-state index contributed by atoms with van der Waals surface area (Å²) in [5.41, 5.74) is 7.33. The number of methoxy groups -OCH3 is 1. The molecule has 122 valence electrons. The molecule has 1 aromatic carbocycles. The number of carbonyl (C=O) groups excluding carboxylic acids is 1. The van der Waals surface area contributed by atoms with Crippen molar-refractivity contribution in [3.8, 4) is 5.75 Å². The van der Waals surface area contributed by atoms with E-state index in [9.17, 15) is 4.79 Å². The molecule has 0 heterocycles. The summed E-state index contributed by atoms with van der Waals surface area (Å²) >= 11 is 0. The van der Waals surface area contributed by atoms with Crippen LogP contribution in [-0.2, 0) is 9.63 Å². The van der Waals surface area contributed by atoms with Crippen molar-refractivity contribution in [1.82, 2.24) is 0 Å². The number of oxime groups is 1. The lowest BCUT2D eigenvalue weighted by atomic mass is 10.1. The Bertz CT molecular complexity index is 527. The van der Waals surface area contributed by atoms with Gasteiger partial charge in [0.05, 0.1) is 12.8 Å². The molecule has 22 heavy (non-hydrogen) atoms. The Kier molecular flexibility index (Phi) is 7.22. The molecule has 0 atom stereocenters. The molecular weight excluding hydrogens is 282 g/mol. The van der Waals surface area contributed by atoms with Gasteiger partial charge in [-0.1, -0.05) is 25.1 Å². The number of rotatable bonds is 8. The summed E-state index contributed by atoms with van der Waals surface area (Å²) < 4.78 is 5.20. The molecule has 0 saturated carbocycles. The van der Waals surface area contributed by atoms with Gasteiger partial charge in [0, 0.05) is 6.42 Å². The predicted octanol–water partition coefficient (Wildman–Crippen LogP) is 2.67. The molecule has 0 aliphatic carbocycles. The van der Waals surface area contributed by atoms with Crippen LogP contribution in [0.25, 0.3) is 0 Å². The molecule has 6 nitrogen and oxygen atoms in total. The number of amidine groups is 1. The van der Waals surface area contributed by atoms with E-state index < -0.39 is 0 Å². The number of nitrogens with one attached hydrogen (secondary N) is 1. The molecule has 0 spiro atoms. The van der Waals surface area contributed by atoms with Crippen LogP contribution < -0.4 is 15.8 Å². The number of benzene rings is 1. The van der Waals surface area contributed by atoms with E-state index in [1.807, 2.05) is 19.1 Å². The predicted molar refractivity (Wildman–Crippen MR) is 88.0 cm³/mol. The van der Waals surface area contributed by atoms with Gasteiger partial charge in [-0.15, -0.1) is 0 Å². The smallest absolute Gasteiger partial charge is 0.265 e. The molecule has 0 fully saturated rings. The number of ether oxygens (including phenoxy) is 1. The Labute approximate surface area is 131 Å². The first kappa shape index (κ1) is 17.8. The van der Waals surface area contributed by atoms with Crippen LogP contribution in [0, 0.1) is 12.8 Å². The molecule has 0 radical (unpaired) electrons. The summed E-state index contributed by atoms with van der Waals surface area (Å²) in [7, 11) is 1.55. The lowest BCUT2D eigenvalue weighted by Gasteiger charge is -2.10. The van der Waals surface area contributed by atoms with Gasteiger partial charge in [-0.25, -0.2) is 0 Å².